The summed E-state index contributed by atoms with van der Waals surface area (Å²) in [5.41, 5.74) is 1.69. The zero-order chi connectivity index (χ0) is 10.7. The van der Waals surface area contributed by atoms with E-state index in [-0.39, 0.29) is 5.70 Å². The van der Waals surface area contributed by atoms with Crippen LogP contribution in [0.5, 0.6) is 0 Å². The van der Waals surface area contributed by atoms with Gasteiger partial charge in [0.15, 0.2) is 0 Å². The number of hydrogen-bond donors (Lipinski definition) is 3. The number of amides is 3. The highest BCUT2D eigenvalue weighted by Gasteiger charge is 2.22. The van der Waals surface area contributed by atoms with Gasteiger partial charge in [0.05, 0.1) is 0 Å². The normalized spacial score (nSPS) is 17.7. The highest BCUT2D eigenvalue weighted by atomic mass is 16.2. The second kappa shape index (κ2) is 3.87. The molecule has 1 heterocycles. The molecule has 0 spiro atoms. The highest BCUT2D eigenvalue weighted by molar-refractivity contribution is 6.12. The van der Waals surface area contributed by atoms with Crippen molar-refractivity contribution in [1.29, 1.82) is 5.41 Å². The third-order valence-corrected chi connectivity index (χ3v) is 1.75. The molecule has 3 amide bonds. The van der Waals surface area contributed by atoms with Gasteiger partial charge in [-0.3, -0.25) is 10.1 Å². The van der Waals surface area contributed by atoms with E-state index in [0.29, 0.717) is 5.57 Å². The van der Waals surface area contributed by atoms with Gasteiger partial charge in [0.2, 0.25) is 0 Å². The molecule has 5 heteroatoms. The van der Waals surface area contributed by atoms with E-state index in [4.69, 9.17) is 5.41 Å². The molecule has 0 saturated carbocycles. The number of carbonyl (C=O) groups excluding carboxylic acids is 2. The van der Waals surface area contributed by atoms with Crippen LogP contribution < -0.4 is 10.6 Å². The Morgan fingerprint density at radius 2 is 1.93 bits per heavy atom. The van der Waals surface area contributed by atoms with E-state index in [1.54, 1.807) is 0 Å². The van der Waals surface area contributed by atoms with Gasteiger partial charge in [-0.2, -0.15) is 0 Å². The summed E-state index contributed by atoms with van der Waals surface area (Å²) < 4.78 is 0. The van der Waals surface area contributed by atoms with Crippen molar-refractivity contribution < 1.29 is 9.59 Å². The molecule has 0 unspecified atom stereocenters. The lowest BCUT2D eigenvalue weighted by atomic mass is 10.1. The molecule has 0 radical (unpaired) electrons. The minimum atomic E-state index is -0.528. The Labute approximate surface area is 81.4 Å². The summed E-state index contributed by atoms with van der Waals surface area (Å²) in [5.74, 6) is -0.462. The summed E-state index contributed by atoms with van der Waals surface area (Å²) >= 11 is 0. The SMILES string of the molecule is CC(C)=C(C=N)/C=C1\NC(=O)NC1=O. The van der Waals surface area contributed by atoms with Crippen LogP contribution in [-0.4, -0.2) is 18.2 Å². The topological polar surface area (TPSA) is 82.1 Å². The Balaban J connectivity index is 2.99. The molecular weight excluding hydrogens is 182 g/mol. The minimum absolute atomic E-state index is 0.176. The molecule has 1 aliphatic rings. The number of urea groups is 1. The average Bonchev–Trinajstić information content (AvgIpc) is 2.40. The van der Waals surface area contributed by atoms with Crippen LogP contribution in [-0.2, 0) is 4.79 Å². The fraction of sp³-hybridized carbons (Fsp3) is 0.222. The zero-order valence-corrected chi connectivity index (χ0v) is 7.97. The van der Waals surface area contributed by atoms with Crippen LogP contribution in [0.1, 0.15) is 13.8 Å². The van der Waals surface area contributed by atoms with Gasteiger partial charge in [0.25, 0.3) is 5.91 Å². The fourth-order valence-corrected chi connectivity index (χ4v) is 0.968. The van der Waals surface area contributed by atoms with Crippen molar-refractivity contribution in [3.05, 3.63) is 22.9 Å². The number of nitrogens with one attached hydrogen (secondary N) is 3. The first kappa shape index (κ1) is 10.2. The number of imide groups is 1. The second-order valence-electron chi connectivity index (χ2n) is 3.07. The molecule has 0 aliphatic carbocycles. The van der Waals surface area contributed by atoms with Crippen LogP contribution in [0, 0.1) is 5.41 Å². The Morgan fingerprint density at radius 3 is 2.29 bits per heavy atom. The van der Waals surface area contributed by atoms with E-state index in [0.717, 1.165) is 11.8 Å². The molecule has 5 nitrogen and oxygen atoms in total. The van der Waals surface area contributed by atoms with Crippen LogP contribution in [0.4, 0.5) is 4.79 Å². The van der Waals surface area contributed by atoms with Gasteiger partial charge in [-0.1, -0.05) is 5.57 Å². The summed E-state index contributed by atoms with van der Waals surface area (Å²) in [4.78, 5) is 21.8. The zero-order valence-electron chi connectivity index (χ0n) is 7.97. The number of carbonyl (C=O) groups is 2. The number of rotatable bonds is 2. The first-order chi connectivity index (χ1) is 6.54. The van der Waals surface area contributed by atoms with Gasteiger partial charge in [-0.05, 0) is 25.5 Å². The molecule has 74 valence electrons. The quantitative estimate of drug-likeness (QED) is 0.342. The van der Waals surface area contributed by atoms with E-state index < -0.39 is 11.9 Å². The lowest BCUT2D eigenvalue weighted by molar-refractivity contribution is -0.115. The van der Waals surface area contributed by atoms with E-state index in [1.807, 2.05) is 13.8 Å². The van der Waals surface area contributed by atoms with Crippen molar-refractivity contribution in [2.75, 3.05) is 0 Å². The molecule has 0 aromatic heterocycles. The maximum Gasteiger partial charge on any atom is 0.326 e. The number of hydrogen-bond acceptors (Lipinski definition) is 3. The van der Waals surface area contributed by atoms with Crippen molar-refractivity contribution in [2.45, 2.75) is 13.8 Å². The van der Waals surface area contributed by atoms with E-state index >= 15 is 0 Å². The summed E-state index contributed by atoms with van der Waals surface area (Å²) in [7, 11) is 0. The molecule has 1 saturated heterocycles. The maximum absolute atomic E-state index is 11.1. The van der Waals surface area contributed by atoms with Gasteiger partial charge in [-0.25, -0.2) is 4.79 Å². The summed E-state index contributed by atoms with van der Waals surface area (Å²) in [6, 6.07) is -0.528. The number of allylic oxidation sites excluding steroid dienone is 3. The van der Waals surface area contributed by atoms with Gasteiger partial charge in [0.1, 0.15) is 5.70 Å². The molecule has 1 rings (SSSR count). The van der Waals surface area contributed by atoms with Gasteiger partial charge in [-0.15, -0.1) is 0 Å². The first-order valence-electron chi connectivity index (χ1n) is 4.06. The summed E-state index contributed by atoms with van der Waals surface area (Å²) in [6.07, 6.45) is 2.61. The van der Waals surface area contributed by atoms with Crippen LogP contribution in [0.25, 0.3) is 0 Å². The smallest absolute Gasteiger partial charge is 0.308 e. The lowest BCUT2D eigenvalue weighted by Crippen LogP contribution is -2.22. The highest BCUT2D eigenvalue weighted by Crippen LogP contribution is 2.07. The fourth-order valence-electron chi connectivity index (χ4n) is 0.968. The van der Waals surface area contributed by atoms with Crippen molar-refractivity contribution in [3.8, 4) is 0 Å². The third-order valence-electron chi connectivity index (χ3n) is 1.75. The summed E-state index contributed by atoms with van der Waals surface area (Å²) in [6.45, 7) is 3.65. The molecule has 0 bridgehead atoms. The molecule has 1 aliphatic heterocycles. The molecular formula is C9H11N3O2. The molecule has 0 aromatic rings. The van der Waals surface area contributed by atoms with Crippen molar-refractivity contribution in [2.24, 2.45) is 0 Å². The summed E-state index contributed by atoms with van der Waals surface area (Å²) in [5, 5.41) is 11.5. The van der Waals surface area contributed by atoms with Gasteiger partial charge in [0, 0.05) is 6.21 Å². The molecule has 1 fully saturated rings. The largest absolute Gasteiger partial charge is 0.326 e. The minimum Gasteiger partial charge on any atom is -0.308 e. The molecule has 3 N–H and O–H groups in total. The van der Waals surface area contributed by atoms with Crippen molar-refractivity contribution >= 4 is 18.2 Å². The molecule has 0 atom stereocenters. The van der Waals surface area contributed by atoms with E-state index in [2.05, 4.69) is 10.6 Å². The second-order valence-corrected chi connectivity index (χ2v) is 3.07. The van der Waals surface area contributed by atoms with Crippen molar-refractivity contribution in [3.63, 3.8) is 0 Å². The van der Waals surface area contributed by atoms with E-state index in [1.165, 1.54) is 6.08 Å². The van der Waals surface area contributed by atoms with E-state index in [9.17, 15) is 9.59 Å². The standard InChI is InChI=1S/C9H11N3O2/c1-5(2)6(4-10)3-7-8(13)12-9(14)11-7/h3-4,10H,1-2H3,(H2,11,12,13,14)/b7-3-,10-4?. The Bertz CT molecular complexity index is 362. The van der Waals surface area contributed by atoms with Crippen LogP contribution in [0.2, 0.25) is 0 Å². The van der Waals surface area contributed by atoms with Crippen LogP contribution in [0.3, 0.4) is 0 Å². The Hall–Kier alpha value is -1.91. The van der Waals surface area contributed by atoms with Crippen molar-refractivity contribution in [1.82, 2.24) is 10.6 Å². The Morgan fingerprint density at radius 1 is 1.29 bits per heavy atom. The predicted octanol–water partition coefficient (Wildman–Crippen LogP) is 0.696. The third kappa shape index (κ3) is 2.07. The van der Waals surface area contributed by atoms with Crippen LogP contribution in [0.15, 0.2) is 22.9 Å². The molecule has 14 heavy (non-hydrogen) atoms. The average molecular weight is 193 g/mol. The first-order valence-corrected chi connectivity index (χ1v) is 4.06. The van der Waals surface area contributed by atoms with Gasteiger partial charge >= 0.3 is 6.03 Å². The maximum atomic E-state index is 11.1. The molecule has 0 aromatic carbocycles. The monoisotopic (exact) mass is 193 g/mol. The van der Waals surface area contributed by atoms with Gasteiger partial charge < -0.3 is 10.7 Å². The Kier molecular flexibility index (Phi) is 2.81. The lowest BCUT2D eigenvalue weighted by Gasteiger charge is -1.97. The van der Waals surface area contributed by atoms with Crippen LogP contribution >= 0.6 is 0 Å². The predicted molar refractivity (Wildman–Crippen MR) is 51.9 cm³/mol.